The lowest BCUT2D eigenvalue weighted by atomic mass is 10.00. The maximum Gasteiger partial charge on any atom is 0.0373 e. The number of aryl methyl sites for hydroxylation is 1. The topological polar surface area (TPSA) is 38.0 Å². The zero-order valence-corrected chi connectivity index (χ0v) is 11.1. The highest BCUT2D eigenvalue weighted by Gasteiger charge is 2.11. The Morgan fingerprint density at radius 1 is 1.31 bits per heavy atom. The van der Waals surface area contributed by atoms with Gasteiger partial charge in [-0.2, -0.15) is 0 Å². The molecule has 1 rings (SSSR count). The van der Waals surface area contributed by atoms with Crippen molar-refractivity contribution in [1.82, 2.24) is 0 Å². The Labute approximate surface area is 99.2 Å². The highest BCUT2D eigenvalue weighted by Crippen LogP contribution is 2.22. The van der Waals surface area contributed by atoms with Crippen molar-refractivity contribution in [2.45, 2.75) is 46.1 Å². The second-order valence-corrected chi connectivity index (χ2v) is 5.57. The number of nitrogens with two attached hydrogens (primary N) is 1. The minimum atomic E-state index is -0.180. The number of nitrogens with one attached hydrogen (secondary N) is 1. The predicted molar refractivity (Wildman–Crippen MR) is 72.0 cm³/mol. The molecule has 0 fully saturated rings. The molecule has 1 aromatic rings. The quantitative estimate of drug-likeness (QED) is 0.817. The van der Waals surface area contributed by atoms with Crippen molar-refractivity contribution in [1.29, 1.82) is 0 Å². The van der Waals surface area contributed by atoms with Crippen LogP contribution in [-0.2, 0) is 0 Å². The molecule has 0 radical (unpaired) electrons. The molecule has 2 heteroatoms. The zero-order chi connectivity index (χ0) is 12.3. The van der Waals surface area contributed by atoms with Gasteiger partial charge in [0.15, 0.2) is 0 Å². The third-order valence-corrected chi connectivity index (χ3v) is 2.66. The molecule has 3 N–H and O–H groups in total. The summed E-state index contributed by atoms with van der Waals surface area (Å²) in [6.45, 7) is 11.4. The average Bonchev–Trinajstić information content (AvgIpc) is 2.14. The van der Waals surface area contributed by atoms with Crippen molar-refractivity contribution in [3.8, 4) is 0 Å². The van der Waals surface area contributed by atoms with Gasteiger partial charge in [-0.1, -0.05) is 26.0 Å². The van der Waals surface area contributed by atoms with Crippen LogP contribution >= 0.6 is 0 Å². The summed E-state index contributed by atoms with van der Waals surface area (Å²) in [5.41, 5.74) is 9.62. The van der Waals surface area contributed by atoms with Gasteiger partial charge in [0.05, 0.1) is 0 Å². The molecule has 0 heterocycles. The van der Waals surface area contributed by atoms with Crippen molar-refractivity contribution < 1.29 is 0 Å². The SMILES string of the molecule is Cc1ccc(C(C)C)cc1NCC(C)(C)N. The van der Waals surface area contributed by atoms with Crippen LogP contribution in [0.5, 0.6) is 0 Å². The van der Waals surface area contributed by atoms with E-state index in [0.717, 1.165) is 6.54 Å². The first-order chi connectivity index (χ1) is 7.29. The standard InChI is InChI=1S/C14H24N2/c1-10(2)12-7-6-11(3)13(8-12)16-9-14(4,5)15/h6-8,10,16H,9,15H2,1-5H3. The molecule has 0 atom stereocenters. The van der Waals surface area contributed by atoms with Crippen LogP contribution in [0.25, 0.3) is 0 Å². The highest BCUT2D eigenvalue weighted by atomic mass is 14.9. The molecular weight excluding hydrogens is 196 g/mol. The first-order valence-corrected chi connectivity index (χ1v) is 5.93. The lowest BCUT2D eigenvalue weighted by molar-refractivity contribution is 0.549. The van der Waals surface area contributed by atoms with Gasteiger partial charge in [-0.3, -0.25) is 0 Å². The molecule has 0 unspecified atom stereocenters. The minimum Gasteiger partial charge on any atom is -0.383 e. The highest BCUT2D eigenvalue weighted by molar-refractivity contribution is 5.53. The Kier molecular flexibility index (Phi) is 3.98. The van der Waals surface area contributed by atoms with E-state index >= 15 is 0 Å². The van der Waals surface area contributed by atoms with Crippen molar-refractivity contribution in [3.63, 3.8) is 0 Å². The largest absolute Gasteiger partial charge is 0.383 e. The first kappa shape index (κ1) is 13.0. The summed E-state index contributed by atoms with van der Waals surface area (Å²) in [4.78, 5) is 0. The van der Waals surface area contributed by atoms with E-state index in [2.05, 4.69) is 44.3 Å². The molecule has 90 valence electrons. The van der Waals surface area contributed by atoms with Crippen LogP contribution in [0.15, 0.2) is 18.2 Å². The number of hydrogen-bond acceptors (Lipinski definition) is 2. The number of rotatable bonds is 4. The summed E-state index contributed by atoms with van der Waals surface area (Å²) in [6, 6.07) is 6.59. The van der Waals surface area contributed by atoms with Crippen LogP contribution in [0.2, 0.25) is 0 Å². The molecule has 0 aromatic heterocycles. The number of benzene rings is 1. The lowest BCUT2D eigenvalue weighted by Crippen LogP contribution is -2.39. The monoisotopic (exact) mass is 220 g/mol. The molecule has 0 saturated heterocycles. The van der Waals surface area contributed by atoms with Gasteiger partial charge in [0.2, 0.25) is 0 Å². The first-order valence-electron chi connectivity index (χ1n) is 5.93. The van der Waals surface area contributed by atoms with E-state index in [1.54, 1.807) is 0 Å². The Hall–Kier alpha value is -1.02. The van der Waals surface area contributed by atoms with Crippen molar-refractivity contribution >= 4 is 5.69 Å². The molecule has 0 saturated carbocycles. The molecule has 0 amide bonds. The van der Waals surface area contributed by atoms with Gasteiger partial charge in [-0.15, -0.1) is 0 Å². The van der Waals surface area contributed by atoms with Crippen LogP contribution in [0.3, 0.4) is 0 Å². The molecule has 0 bridgehead atoms. The van der Waals surface area contributed by atoms with E-state index in [0.29, 0.717) is 5.92 Å². The maximum atomic E-state index is 5.97. The van der Waals surface area contributed by atoms with E-state index in [1.807, 2.05) is 13.8 Å². The number of anilines is 1. The Morgan fingerprint density at radius 2 is 1.94 bits per heavy atom. The van der Waals surface area contributed by atoms with Gasteiger partial charge in [0.1, 0.15) is 0 Å². The van der Waals surface area contributed by atoms with Gasteiger partial charge in [0.25, 0.3) is 0 Å². The molecule has 0 aliphatic heterocycles. The van der Waals surface area contributed by atoms with Crippen molar-refractivity contribution in [2.24, 2.45) is 5.73 Å². The second kappa shape index (κ2) is 4.88. The van der Waals surface area contributed by atoms with Gasteiger partial charge in [-0.25, -0.2) is 0 Å². The summed E-state index contributed by atoms with van der Waals surface area (Å²) in [7, 11) is 0. The molecule has 0 spiro atoms. The fourth-order valence-electron chi connectivity index (χ4n) is 1.51. The van der Waals surface area contributed by atoms with Crippen LogP contribution in [0.4, 0.5) is 5.69 Å². The summed E-state index contributed by atoms with van der Waals surface area (Å²) >= 11 is 0. The van der Waals surface area contributed by atoms with E-state index in [-0.39, 0.29) is 5.54 Å². The maximum absolute atomic E-state index is 5.97. The second-order valence-electron chi connectivity index (χ2n) is 5.57. The van der Waals surface area contributed by atoms with Gasteiger partial charge >= 0.3 is 0 Å². The third-order valence-electron chi connectivity index (χ3n) is 2.66. The zero-order valence-electron chi connectivity index (χ0n) is 11.1. The van der Waals surface area contributed by atoms with Crippen LogP contribution in [0, 0.1) is 6.92 Å². The molecular formula is C14H24N2. The predicted octanol–water partition coefficient (Wildman–Crippen LogP) is 3.27. The van der Waals surface area contributed by atoms with Crippen molar-refractivity contribution in [3.05, 3.63) is 29.3 Å². The third kappa shape index (κ3) is 3.86. The van der Waals surface area contributed by atoms with Crippen molar-refractivity contribution in [2.75, 3.05) is 11.9 Å². The lowest BCUT2D eigenvalue weighted by Gasteiger charge is -2.21. The molecule has 0 aliphatic carbocycles. The molecule has 1 aromatic carbocycles. The average molecular weight is 220 g/mol. The van der Waals surface area contributed by atoms with E-state index in [4.69, 9.17) is 5.73 Å². The molecule has 16 heavy (non-hydrogen) atoms. The fourth-order valence-corrected chi connectivity index (χ4v) is 1.51. The van der Waals surface area contributed by atoms with Crippen LogP contribution in [0.1, 0.15) is 44.7 Å². The summed E-state index contributed by atoms with van der Waals surface area (Å²) < 4.78 is 0. The summed E-state index contributed by atoms with van der Waals surface area (Å²) in [5, 5.41) is 3.42. The number of hydrogen-bond donors (Lipinski definition) is 2. The van der Waals surface area contributed by atoms with E-state index in [9.17, 15) is 0 Å². The van der Waals surface area contributed by atoms with Gasteiger partial charge in [0, 0.05) is 17.8 Å². The normalized spacial score (nSPS) is 11.9. The van der Waals surface area contributed by atoms with E-state index in [1.165, 1.54) is 16.8 Å². The summed E-state index contributed by atoms with van der Waals surface area (Å²) in [6.07, 6.45) is 0. The van der Waals surface area contributed by atoms with E-state index < -0.39 is 0 Å². The van der Waals surface area contributed by atoms with Gasteiger partial charge in [-0.05, 0) is 43.9 Å². The van der Waals surface area contributed by atoms with Crippen LogP contribution in [-0.4, -0.2) is 12.1 Å². The Bertz CT molecular complexity index is 348. The van der Waals surface area contributed by atoms with Gasteiger partial charge < -0.3 is 11.1 Å². The van der Waals surface area contributed by atoms with Crippen LogP contribution < -0.4 is 11.1 Å². The Morgan fingerprint density at radius 3 is 2.44 bits per heavy atom. The molecule has 2 nitrogen and oxygen atoms in total. The smallest absolute Gasteiger partial charge is 0.0373 e. The Balaban J connectivity index is 2.82. The molecule has 0 aliphatic rings. The minimum absolute atomic E-state index is 0.180. The fraction of sp³-hybridized carbons (Fsp3) is 0.571. The summed E-state index contributed by atoms with van der Waals surface area (Å²) in [5.74, 6) is 0.562.